The highest BCUT2D eigenvalue weighted by Crippen LogP contribution is 2.48. The van der Waals surface area contributed by atoms with Crippen LogP contribution in [-0.4, -0.2) is 111 Å². The number of nitrogens with two attached hydrogens (primary N) is 1. The van der Waals surface area contributed by atoms with E-state index >= 15 is 0 Å². The Morgan fingerprint density at radius 3 is 1.51 bits per heavy atom. The van der Waals surface area contributed by atoms with Crippen LogP contribution < -0.4 is 21.7 Å². The van der Waals surface area contributed by atoms with Gasteiger partial charge in [-0.15, -0.1) is 23.5 Å². The van der Waals surface area contributed by atoms with Crippen molar-refractivity contribution in [3.63, 3.8) is 0 Å². The van der Waals surface area contributed by atoms with Gasteiger partial charge in [-0.05, 0) is 105 Å². The number of benzene rings is 2. The van der Waals surface area contributed by atoms with Crippen molar-refractivity contribution >= 4 is 178 Å². The number of nitrogens with zero attached hydrogens (tertiary/aromatic N) is 2. The van der Waals surface area contributed by atoms with Crippen molar-refractivity contribution in [2.24, 2.45) is 16.6 Å². The molecule has 22 heteroatoms. The maximum absolute atomic E-state index is 14.0. The van der Waals surface area contributed by atoms with Gasteiger partial charge in [-0.2, -0.15) is 108 Å². The van der Waals surface area contributed by atoms with Crippen LogP contribution in [0.1, 0.15) is 95.9 Å². The van der Waals surface area contributed by atoms with Crippen LogP contribution in [0.15, 0.2) is 48.5 Å². The summed E-state index contributed by atoms with van der Waals surface area (Å²) in [6.07, 6.45) is 4.77. The minimum atomic E-state index is -0.643. The summed E-state index contributed by atoms with van der Waals surface area (Å²) in [6, 6.07) is 14.4. The van der Waals surface area contributed by atoms with Crippen LogP contribution in [-0.2, 0) is 43.2 Å². The Hall–Kier alpha value is -0.500. The highest BCUT2D eigenvalue weighted by atomic mass is 32.2. The second-order valence-corrected chi connectivity index (χ2v) is 20.9. The lowest BCUT2D eigenvalue weighted by Gasteiger charge is -2.34. The average molecular weight is 1140 g/mol. The molecule has 2 aromatic rings. The number of likely N-dealkylation sites (N-methyl/N-ethyl adjacent to an activating group) is 2. The number of hydrogen-bond donors (Lipinski definition) is 4. The molecule has 6 rings (SSSR count). The second kappa shape index (κ2) is 32.5. The molecule has 0 aromatic heterocycles. The van der Waals surface area contributed by atoms with E-state index in [-0.39, 0.29) is 177 Å². The number of nitrogens with one attached hydrogen (secondary N) is 3. The van der Waals surface area contributed by atoms with Gasteiger partial charge in [0.15, 0.2) is 11.6 Å². The fraction of sp³-hybridized carbons (Fsp3) is 0.600. The average Bonchev–Trinajstić information content (AvgIpc) is 3.49. The minimum Gasteiger partial charge on any atom is -0.392 e. The maximum Gasteiger partial charge on any atom is 0.246 e. The van der Waals surface area contributed by atoms with E-state index in [1.807, 2.05) is 54.9 Å². The van der Waals surface area contributed by atoms with Gasteiger partial charge in [0.1, 0.15) is 6.04 Å². The van der Waals surface area contributed by atoms with E-state index in [9.17, 15) is 24.0 Å². The molecule has 3 amide bonds. The van der Waals surface area contributed by atoms with E-state index in [4.69, 9.17) is 5.73 Å². The largest absolute Gasteiger partial charge is 0.392 e. The van der Waals surface area contributed by atoms with Crippen molar-refractivity contribution < 1.29 is 24.0 Å². The van der Waals surface area contributed by atoms with E-state index in [1.165, 1.54) is 0 Å². The van der Waals surface area contributed by atoms with Crippen molar-refractivity contribution in [2.45, 2.75) is 134 Å². The third-order valence-electron chi connectivity index (χ3n) is 12.3. The topological polar surface area (TPSA) is 154 Å². The lowest BCUT2D eigenvalue weighted by molar-refractivity contribution is -0.142. The summed E-state index contributed by atoms with van der Waals surface area (Å²) in [6.45, 7) is 12.1. The van der Waals surface area contributed by atoms with Crippen molar-refractivity contribution in [3.8, 4) is 0 Å². The zero-order chi connectivity index (χ0) is 43.2. The van der Waals surface area contributed by atoms with Crippen LogP contribution in [0.2, 0.25) is 0 Å². The molecular formula is C45H80N6O5S11. The van der Waals surface area contributed by atoms with Gasteiger partial charge >= 0.3 is 0 Å². The molecule has 4 saturated heterocycles. The number of rotatable bonds is 13. The predicted molar refractivity (Wildman–Crippen MR) is 326 cm³/mol. The van der Waals surface area contributed by atoms with Gasteiger partial charge < -0.3 is 31.5 Å². The summed E-state index contributed by atoms with van der Waals surface area (Å²) in [4.78, 5) is 71.4. The van der Waals surface area contributed by atoms with E-state index in [0.717, 1.165) is 59.4 Å². The first-order chi connectivity index (χ1) is 27.9. The number of fused-ring (bicyclic) bond motifs is 2. The molecule has 5 N–H and O–H groups in total. The van der Waals surface area contributed by atoms with Crippen LogP contribution >= 0.6 is 144 Å². The number of amides is 3. The van der Waals surface area contributed by atoms with Crippen molar-refractivity contribution in [3.05, 3.63) is 70.8 Å². The zero-order valence-electron chi connectivity index (χ0n) is 40.0. The molecule has 0 radical (unpaired) electrons. The quantitative estimate of drug-likeness (QED) is 0.176. The third kappa shape index (κ3) is 18.8. The molecule has 386 valence electrons. The summed E-state index contributed by atoms with van der Waals surface area (Å²) in [7, 11) is 3.54. The number of hydrogen-bond acceptors (Lipinski definition) is 10. The Morgan fingerprint density at radius 2 is 1.09 bits per heavy atom. The fourth-order valence-corrected chi connectivity index (χ4v) is 11.9. The highest BCUT2D eigenvalue weighted by Gasteiger charge is 2.54. The molecule has 7 atom stereocenters. The Balaban J connectivity index is -0.00000123. The van der Waals surface area contributed by atoms with Crippen molar-refractivity contribution in [1.82, 2.24) is 25.8 Å². The molecule has 4 aliphatic heterocycles. The molecule has 0 unspecified atom stereocenters. The van der Waals surface area contributed by atoms with Crippen molar-refractivity contribution in [2.75, 3.05) is 25.6 Å². The lowest BCUT2D eigenvalue weighted by atomic mass is 9.81. The summed E-state index contributed by atoms with van der Waals surface area (Å²) >= 11 is 8.15. The second-order valence-electron chi connectivity index (χ2n) is 17.9. The van der Waals surface area contributed by atoms with Gasteiger partial charge in [-0.25, -0.2) is 0 Å². The van der Waals surface area contributed by atoms with Gasteiger partial charge in [0.25, 0.3) is 0 Å². The fourth-order valence-electron chi connectivity index (χ4n) is 8.72. The Labute approximate surface area is 470 Å². The van der Waals surface area contributed by atoms with Crippen LogP contribution in [0.25, 0.3) is 0 Å². The number of carbonyl (C=O) groups excluding carboxylic acids is 5. The molecule has 11 nitrogen and oxygen atoms in total. The van der Waals surface area contributed by atoms with Crippen LogP contribution in [0, 0.1) is 10.8 Å². The highest BCUT2D eigenvalue weighted by molar-refractivity contribution is 8.00. The summed E-state index contributed by atoms with van der Waals surface area (Å²) in [5.74, 6) is 1.57. The van der Waals surface area contributed by atoms with Gasteiger partial charge in [-0.3, -0.25) is 24.0 Å². The zero-order valence-corrected chi connectivity index (χ0v) is 50.4. The molecule has 4 fully saturated rings. The third-order valence-corrected chi connectivity index (χ3v) is 15.2. The van der Waals surface area contributed by atoms with Crippen LogP contribution in [0.3, 0.4) is 0 Å². The number of thiocarbonyl (C=S) groups is 1. The Bertz CT molecular complexity index is 1880. The van der Waals surface area contributed by atoms with E-state index in [2.05, 4.69) is 80.1 Å². The van der Waals surface area contributed by atoms with E-state index < -0.39 is 18.1 Å². The number of Topliss-reactive ketones (excluding diaryl/α,β-unsaturated/α-hetero) is 2. The Kier molecular flexibility index (Phi) is 35.5. The first kappa shape index (κ1) is 73.0. The van der Waals surface area contributed by atoms with Gasteiger partial charge in [0.2, 0.25) is 17.7 Å². The first-order valence-corrected chi connectivity index (χ1v) is 23.4. The molecule has 0 bridgehead atoms. The standard InChI is InChI=1S/C41H54N4O5S2.C4H10N2S.8H2S/c1-25(42-6)38(49)43-30-17-19-52-35-24-41(4,5)37(45(35)39(30)50)32(47)22-29-15-11-27(12-16-29)20-26-9-13-28(14-10-26)21-31(46)36-40(2,3)23-34-44(36)33(48)8-7-18-51-34;1-3(6-2)4(5)7;;;;;;;;/h9-16,25,30,34-37,42H,7-8,17-24H2,1-6H3,(H,43,49);3,6H,1-2H3,(H2,5,7);8*1H2/t25-,30-,34-,35-,36+,37+;3-;;;;;;;;/m00......../s1. The first-order valence-electron chi connectivity index (χ1n) is 20.9. The molecule has 0 spiro atoms. The van der Waals surface area contributed by atoms with E-state index in [1.54, 1.807) is 30.6 Å². The number of ketones is 2. The monoisotopic (exact) mass is 1140 g/mol. The summed E-state index contributed by atoms with van der Waals surface area (Å²) < 4.78 is 0. The molecule has 2 aromatic carbocycles. The number of thioether (sulfide) groups is 2. The molecule has 4 heterocycles. The molecule has 0 aliphatic carbocycles. The summed E-state index contributed by atoms with van der Waals surface area (Å²) in [5, 5.41) is 8.76. The summed E-state index contributed by atoms with van der Waals surface area (Å²) in [5.41, 5.74) is 8.69. The van der Waals surface area contributed by atoms with Gasteiger partial charge in [0.05, 0.1) is 39.9 Å². The SMILES string of the molecule is CN[C@@H](C)C(=O)N[C@H]1CCS[C@H]2CC(C)(C)[C@@H](C(=O)Cc3ccc(Cc4ccc(CC(=O)[C@H]5N6C(=O)CCCS[C@H]6CC5(C)C)cc4)cc3)N2C1=O.CN[C@@H](C)C(N)=S.S.S.S.S.S.S.S.S. The molecule has 0 saturated carbocycles. The molecule has 67 heavy (non-hydrogen) atoms. The molecular weight excluding hydrogens is 1060 g/mol. The van der Waals surface area contributed by atoms with Crippen LogP contribution in [0.5, 0.6) is 0 Å². The Morgan fingerprint density at radius 1 is 0.687 bits per heavy atom. The van der Waals surface area contributed by atoms with Crippen molar-refractivity contribution in [1.29, 1.82) is 0 Å². The normalized spacial score (nSPS) is 22.6. The van der Waals surface area contributed by atoms with Crippen LogP contribution in [0.4, 0.5) is 0 Å². The predicted octanol–water partition coefficient (Wildman–Crippen LogP) is 5.95. The van der Waals surface area contributed by atoms with Gasteiger partial charge in [0, 0.05) is 19.3 Å². The molecule has 4 aliphatic rings. The smallest absolute Gasteiger partial charge is 0.246 e. The number of carbonyl (C=O) groups is 5. The van der Waals surface area contributed by atoms with E-state index in [0.29, 0.717) is 24.3 Å². The maximum atomic E-state index is 14.0. The lowest BCUT2D eigenvalue weighted by Crippen LogP contribution is -2.56. The minimum absolute atomic E-state index is 0. The van der Waals surface area contributed by atoms with Gasteiger partial charge in [-0.1, -0.05) is 88.4 Å².